The molecule has 0 radical (unpaired) electrons. The highest BCUT2D eigenvalue weighted by molar-refractivity contribution is 8.01. The zero-order valence-electron chi connectivity index (χ0n) is 14.0. The van der Waals surface area contributed by atoms with Crippen LogP contribution in [0.15, 0.2) is 34.7 Å². The molecule has 1 aromatic heterocycles. The summed E-state index contributed by atoms with van der Waals surface area (Å²) in [7, 11) is 0. The van der Waals surface area contributed by atoms with E-state index in [9.17, 15) is 14.7 Å². The molecule has 0 spiro atoms. The number of thioether (sulfide) groups is 2. The van der Waals surface area contributed by atoms with Gasteiger partial charge in [0.25, 0.3) is 0 Å². The maximum atomic E-state index is 12.9. The summed E-state index contributed by atoms with van der Waals surface area (Å²) in [6, 6.07) is 8.78. The molecule has 3 heterocycles. The van der Waals surface area contributed by atoms with Crippen LogP contribution in [0.2, 0.25) is 0 Å². The highest BCUT2D eigenvalue weighted by atomic mass is 32.2. The van der Waals surface area contributed by atoms with Gasteiger partial charge in [-0.2, -0.15) is 0 Å². The van der Waals surface area contributed by atoms with Crippen LogP contribution in [0.3, 0.4) is 0 Å². The number of aliphatic hydroxyl groups excluding tert-OH is 1. The standard InChI is InChI=1S/C18H20N2O4S2/c21-7-12-17(25-8-19-12)16(23)15-18(26-9-20-15)13(22)6-11-5-10-3-1-2-4-14(10)24-11/h1-5,12,15,17-21H,6-9H2/t12-,15-,17?,18?/m1/s1. The third kappa shape index (κ3) is 3.44. The second-order valence-electron chi connectivity index (χ2n) is 6.43. The third-order valence-corrected chi connectivity index (χ3v) is 7.25. The van der Waals surface area contributed by atoms with Gasteiger partial charge in [0.2, 0.25) is 0 Å². The van der Waals surface area contributed by atoms with Gasteiger partial charge in [0.1, 0.15) is 11.3 Å². The number of fused-ring (bicyclic) bond motifs is 1. The summed E-state index contributed by atoms with van der Waals surface area (Å²) in [5.74, 6) is 1.82. The minimum Gasteiger partial charge on any atom is -0.461 e. The molecule has 2 aromatic rings. The lowest BCUT2D eigenvalue weighted by Gasteiger charge is -2.22. The van der Waals surface area contributed by atoms with Crippen LogP contribution < -0.4 is 10.6 Å². The number of Topliss-reactive ketones (excluding diaryl/α,β-unsaturated/α-hetero) is 2. The maximum Gasteiger partial charge on any atom is 0.165 e. The van der Waals surface area contributed by atoms with Crippen LogP contribution >= 0.6 is 23.5 Å². The van der Waals surface area contributed by atoms with Crippen LogP contribution in [0.1, 0.15) is 5.76 Å². The van der Waals surface area contributed by atoms with Gasteiger partial charge in [-0.25, -0.2) is 0 Å². The lowest BCUT2D eigenvalue weighted by molar-refractivity contribution is -0.125. The molecular weight excluding hydrogens is 372 g/mol. The first-order valence-electron chi connectivity index (χ1n) is 8.52. The topological polar surface area (TPSA) is 91.6 Å². The second-order valence-corrected chi connectivity index (χ2v) is 8.69. The number of rotatable bonds is 6. The molecule has 0 aliphatic carbocycles. The number of hydrogen-bond acceptors (Lipinski definition) is 8. The zero-order valence-corrected chi connectivity index (χ0v) is 15.6. The first-order valence-corrected chi connectivity index (χ1v) is 10.6. The Labute approximate surface area is 159 Å². The van der Waals surface area contributed by atoms with Crippen molar-refractivity contribution in [3.8, 4) is 0 Å². The van der Waals surface area contributed by atoms with Gasteiger partial charge >= 0.3 is 0 Å². The average molecular weight is 393 g/mol. The van der Waals surface area contributed by atoms with Crippen molar-refractivity contribution in [3.63, 3.8) is 0 Å². The van der Waals surface area contributed by atoms with Crippen molar-refractivity contribution in [1.29, 1.82) is 0 Å². The smallest absolute Gasteiger partial charge is 0.165 e. The van der Waals surface area contributed by atoms with Gasteiger partial charge in [0.15, 0.2) is 11.6 Å². The molecule has 3 N–H and O–H groups in total. The number of nitrogens with one attached hydrogen (secondary N) is 2. The van der Waals surface area contributed by atoms with E-state index in [1.165, 1.54) is 23.5 Å². The van der Waals surface area contributed by atoms with Crippen LogP contribution in [0.5, 0.6) is 0 Å². The number of furan rings is 1. The van der Waals surface area contributed by atoms with Crippen molar-refractivity contribution in [3.05, 3.63) is 36.1 Å². The fourth-order valence-electron chi connectivity index (χ4n) is 3.44. The Kier molecular flexibility index (Phi) is 5.37. The Hall–Kier alpha value is -1.32. The molecule has 0 saturated carbocycles. The predicted molar refractivity (Wildman–Crippen MR) is 103 cm³/mol. The summed E-state index contributed by atoms with van der Waals surface area (Å²) in [6.07, 6.45) is 0.178. The molecule has 1 aromatic carbocycles. The van der Waals surface area contributed by atoms with Gasteiger partial charge in [-0.3, -0.25) is 14.9 Å². The molecular formula is C18H20N2O4S2. The first-order chi connectivity index (χ1) is 12.7. The van der Waals surface area contributed by atoms with Crippen molar-refractivity contribution in [2.75, 3.05) is 18.4 Å². The molecule has 26 heavy (non-hydrogen) atoms. The van der Waals surface area contributed by atoms with E-state index in [1.807, 2.05) is 30.3 Å². The first kappa shape index (κ1) is 18.1. The number of carbonyl (C=O) groups is 2. The number of benzene rings is 1. The largest absolute Gasteiger partial charge is 0.461 e. The predicted octanol–water partition coefficient (Wildman–Crippen LogP) is 1.17. The number of ketones is 2. The Morgan fingerprint density at radius 1 is 1.15 bits per heavy atom. The van der Waals surface area contributed by atoms with Gasteiger partial charge in [-0.05, 0) is 12.1 Å². The van der Waals surface area contributed by atoms with E-state index in [1.54, 1.807) is 0 Å². The highest BCUT2D eigenvalue weighted by Crippen LogP contribution is 2.30. The Balaban J connectivity index is 1.47. The quantitative estimate of drug-likeness (QED) is 0.675. The minimum absolute atomic E-state index is 0.00564. The lowest BCUT2D eigenvalue weighted by atomic mass is 9.98. The molecule has 138 valence electrons. The molecule has 2 fully saturated rings. The molecule has 8 heteroatoms. The lowest BCUT2D eigenvalue weighted by Crippen LogP contribution is -2.50. The number of hydrogen-bond donors (Lipinski definition) is 3. The molecule has 2 aliphatic heterocycles. The normalized spacial score (nSPS) is 28.7. The Morgan fingerprint density at radius 3 is 2.73 bits per heavy atom. The van der Waals surface area contributed by atoms with E-state index in [2.05, 4.69) is 10.6 Å². The number of para-hydroxylation sites is 1. The third-order valence-electron chi connectivity index (χ3n) is 4.77. The van der Waals surface area contributed by atoms with E-state index in [0.29, 0.717) is 17.5 Å². The van der Waals surface area contributed by atoms with Crippen LogP contribution in [0.25, 0.3) is 11.0 Å². The maximum absolute atomic E-state index is 12.9. The van der Waals surface area contributed by atoms with Crippen LogP contribution in [0.4, 0.5) is 0 Å². The van der Waals surface area contributed by atoms with E-state index >= 15 is 0 Å². The molecule has 2 aliphatic rings. The van der Waals surface area contributed by atoms with Crippen LogP contribution in [-0.4, -0.2) is 57.6 Å². The Bertz CT molecular complexity index is 791. The molecule has 6 nitrogen and oxygen atoms in total. The van der Waals surface area contributed by atoms with Gasteiger partial charge < -0.3 is 14.8 Å². The van der Waals surface area contributed by atoms with Crippen molar-refractivity contribution < 1.29 is 19.1 Å². The van der Waals surface area contributed by atoms with E-state index in [-0.39, 0.29) is 35.9 Å². The summed E-state index contributed by atoms with van der Waals surface area (Å²) in [5, 5.41) is 15.9. The fourth-order valence-corrected chi connectivity index (χ4v) is 5.80. The zero-order chi connectivity index (χ0) is 18.1. The summed E-state index contributed by atoms with van der Waals surface area (Å²) in [5.41, 5.74) is 0.763. The van der Waals surface area contributed by atoms with E-state index < -0.39 is 11.3 Å². The van der Waals surface area contributed by atoms with Crippen molar-refractivity contribution in [1.82, 2.24) is 10.6 Å². The van der Waals surface area contributed by atoms with Crippen LogP contribution in [-0.2, 0) is 16.0 Å². The van der Waals surface area contributed by atoms with Crippen LogP contribution in [0, 0.1) is 0 Å². The summed E-state index contributed by atoms with van der Waals surface area (Å²) in [4.78, 5) is 25.7. The summed E-state index contributed by atoms with van der Waals surface area (Å²) in [6.45, 7) is -0.0825. The minimum atomic E-state index is -0.511. The van der Waals surface area contributed by atoms with Gasteiger partial charge in [-0.1, -0.05) is 18.2 Å². The summed E-state index contributed by atoms with van der Waals surface area (Å²) >= 11 is 2.96. The second kappa shape index (κ2) is 7.74. The van der Waals surface area contributed by atoms with E-state index in [0.717, 1.165) is 11.0 Å². The van der Waals surface area contributed by atoms with Gasteiger partial charge in [0, 0.05) is 23.2 Å². The number of carbonyl (C=O) groups excluding carboxylic acids is 2. The highest BCUT2D eigenvalue weighted by Gasteiger charge is 2.44. The van der Waals surface area contributed by atoms with Gasteiger partial charge in [0.05, 0.1) is 29.6 Å². The molecule has 0 bridgehead atoms. The molecule has 4 rings (SSSR count). The van der Waals surface area contributed by atoms with Crippen molar-refractivity contribution >= 4 is 46.1 Å². The van der Waals surface area contributed by atoms with E-state index in [4.69, 9.17) is 4.42 Å². The summed E-state index contributed by atoms with van der Waals surface area (Å²) < 4.78 is 5.75. The SMILES string of the molecule is O=C(Cc1cc2ccccc2o1)C1SCN[C@@H]1C(=O)C1SCN[C@@H]1CO. The average Bonchev–Trinajstić information content (AvgIpc) is 3.38. The van der Waals surface area contributed by atoms with Crippen molar-refractivity contribution in [2.24, 2.45) is 0 Å². The monoisotopic (exact) mass is 392 g/mol. The molecule has 2 saturated heterocycles. The molecule has 4 atom stereocenters. The molecule has 2 unspecified atom stereocenters. The number of aliphatic hydroxyl groups is 1. The fraction of sp³-hybridized carbons (Fsp3) is 0.444. The van der Waals surface area contributed by atoms with Crippen molar-refractivity contribution in [2.45, 2.75) is 29.0 Å². The Morgan fingerprint density at radius 2 is 1.92 bits per heavy atom. The van der Waals surface area contributed by atoms with Gasteiger partial charge in [-0.15, -0.1) is 23.5 Å². The molecule has 0 amide bonds.